The molecule has 25 heavy (non-hydrogen) atoms. The van der Waals surface area contributed by atoms with Crippen LogP contribution in [0.5, 0.6) is 0 Å². The summed E-state index contributed by atoms with van der Waals surface area (Å²) in [5, 5.41) is 11.1. The van der Waals surface area contributed by atoms with Gasteiger partial charge in [-0.1, -0.05) is 0 Å². The molecule has 2 N–H and O–H groups in total. The third-order valence-electron chi connectivity index (χ3n) is 3.34. The van der Waals surface area contributed by atoms with E-state index < -0.39 is 0 Å². The predicted molar refractivity (Wildman–Crippen MR) is 111 cm³/mol. The van der Waals surface area contributed by atoms with Crippen molar-refractivity contribution in [2.45, 2.75) is 46.7 Å². The smallest absolute Gasteiger partial charge is 0.191 e. The van der Waals surface area contributed by atoms with E-state index >= 15 is 0 Å². The maximum absolute atomic E-state index is 13.0. The normalized spacial score (nSPS) is 11.8. The molecule has 0 atom stereocenters. The lowest BCUT2D eigenvalue weighted by molar-refractivity contribution is 0.501. The van der Waals surface area contributed by atoms with Gasteiger partial charge in [-0.15, -0.1) is 24.0 Å². The van der Waals surface area contributed by atoms with Crippen LogP contribution in [-0.4, -0.2) is 27.8 Å². The Hall–Kier alpha value is -1.64. The van der Waals surface area contributed by atoms with E-state index in [1.807, 2.05) is 20.0 Å². The molecule has 5 nitrogen and oxygen atoms in total. The molecule has 2 rings (SSSR count). The van der Waals surface area contributed by atoms with Crippen molar-refractivity contribution in [3.63, 3.8) is 0 Å². The largest absolute Gasteiger partial charge is 0.357 e. The Morgan fingerprint density at radius 3 is 2.44 bits per heavy atom. The first-order chi connectivity index (χ1) is 11.3. The monoisotopic (exact) mass is 459 g/mol. The Labute approximate surface area is 166 Å². The highest BCUT2D eigenvalue weighted by Crippen LogP contribution is 2.13. The van der Waals surface area contributed by atoms with Crippen molar-refractivity contribution in [1.29, 1.82) is 0 Å². The van der Waals surface area contributed by atoms with Crippen LogP contribution in [0.15, 0.2) is 35.5 Å². The minimum atomic E-state index is -0.254. The number of aromatic nitrogens is 2. The number of rotatable bonds is 4. The topological polar surface area (TPSA) is 54.2 Å². The number of aliphatic imine (C=N–C) groups is 1. The summed E-state index contributed by atoms with van der Waals surface area (Å²) in [5.74, 6) is 0.523. The Morgan fingerprint density at radius 2 is 1.88 bits per heavy atom. The van der Waals surface area contributed by atoms with Gasteiger partial charge in [0, 0.05) is 23.8 Å². The molecule has 0 fully saturated rings. The van der Waals surface area contributed by atoms with Crippen LogP contribution in [0, 0.1) is 12.7 Å². The van der Waals surface area contributed by atoms with Crippen molar-refractivity contribution in [3.05, 3.63) is 47.5 Å². The summed E-state index contributed by atoms with van der Waals surface area (Å²) in [6, 6.07) is 6.28. The lowest BCUT2D eigenvalue weighted by Gasteiger charge is -2.23. The fraction of sp³-hybridized carbons (Fsp3) is 0.444. The van der Waals surface area contributed by atoms with Gasteiger partial charge in [0.25, 0.3) is 0 Å². The summed E-state index contributed by atoms with van der Waals surface area (Å²) in [6.07, 6.45) is 1.94. The van der Waals surface area contributed by atoms with E-state index in [1.54, 1.807) is 16.8 Å². The van der Waals surface area contributed by atoms with Crippen LogP contribution in [0.4, 0.5) is 4.39 Å². The maximum Gasteiger partial charge on any atom is 0.191 e. The Kier molecular flexibility index (Phi) is 7.85. The number of hydrogen-bond donors (Lipinski definition) is 2. The van der Waals surface area contributed by atoms with Gasteiger partial charge in [0.05, 0.1) is 17.9 Å². The Balaban J connectivity index is 0.00000312. The summed E-state index contributed by atoms with van der Waals surface area (Å²) in [7, 11) is 0. The number of nitrogens with one attached hydrogen (secondary N) is 2. The van der Waals surface area contributed by atoms with E-state index in [-0.39, 0.29) is 35.3 Å². The van der Waals surface area contributed by atoms with Crippen LogP contribution in [-0.2, 0) is 6.54 Å². The molecule has 2 aromatic rings. The summed E-state index contributed by atoms with van der Waals surface area (Å²) >= 11 is 0. The van der Waals surface area contributed by atoms with E-state index in [2.05, 4.69) is 41.5 Å². The summed E-state index contributed by atoms with van der Waals surface area (Å²) in [4.78, 5) is 4.63. The van der Waals surface area contributed by atoms with Crippen LogP contribution in [0.2, 0.25) is 0 Å². The van der Waals surface area contributed by atoms with E-state index in [0.29, 0.717) is 6.54 Å². The van der Waals surface area contributed by atoms with Crippen LogP contribution in [0.1, 0.15) is 39.0 Å². The van der Waals surface area contributed by atoms with E-state index in [1.165, 1.54) is 12.1 Å². The molecule has 7 heteroatoms. The highest BCUT2D eigenvalue weighted by atomic mass is 127. The van der Waals surface area contributed by atoms with Crippen molar-refractivity contribution >= 4 is 29.9 Å². The number of hydrogen-bond acceptors (Lipinski definition) is 2. The average molecular weight is 459 g/mol. The third-order valence-corrected chi connectivity index (χ3v) is 3.34. The third kappa shape index (κ3) is 6.64. The van der Waals surface area contributed by atoms with Gasteiger partial charge in [0.15, 0.2) is 5.96 Å². The molecule has 0 amide bonds. The van der Waals surface area contributed by atoms with Gasteiger partial charge in [-0.3, -0.25) is 0 Å². The second-order valence-electron chi connectivity index (χ2n) is 6.73. The summed E-state index contributed by atoms with van der Waals surface area (Å²) < 4.78 is 14.8. The van der Waals surface area contributed by atoms with Gasteiger partial charge >= 0.3 is 0 Å². The molecule has 0 aliphatic heterocycles. The van der Waals surface area contributed by atoms with Crippen molar-refractivity contribution < 1.29 is 4.39 Å². The maximum atomic E-state index is 13.0. The predicted octanol–water partition coefficient (Wildman–Crippen LogP) is 3.79. The number of benzene rings is 1. The molecule has 0 saturated carbocycles. The first-order valence-corrected chi connectivity index (χ1v) is 8.16. The number of nitrogens with zero attached hydrogens (tertiary/aromatic N) is 3. The molecule has 1 aromatic heterocycles. The van der Waals surface area contributed by atoms with Crippen molar-refractivity contribution in [1.82, 2.24) is 20.4 Å². The van der Waals surface area contributed by atoms with Gasteiger partial charge in [0.1, 0.15) is 5.82 Å². The second kappa shape index (κ2) is 9.17. The lowest BCUT2D eigenvalue weighted by Crippen LogP contribution is -2.47. The van der Waals surface area contributed by atoms with Crippen LogP contribution >= 0.6 is 24.0 Å². The minimum absolute atomic E-state index is 0. The first-order valence-electron chi connectivity index (χ1n) is 8.16. The summed E-state index contributed by atoms with van der Waals surface area (Å²) in [5.41, 5.74) is 2.71. The fourth-order valence-electron chi connectivity index (χ4n) is 2.20. The van der Waals surface area contributed by atoms with Crippen LogP contribution in [0.25, 0.3) is 5.69 Å². The van der Waals surface area contributed by atoms with Gasteiger partial charge in [0.2, 0.25) is 0 Å². The zero-order chi connectivity index (χ0) is 17.7. The van der Waals surface area contributed by atoms with E-state index in [9.17, 15) is 4.39 Å². The highest BCUT2D eigenvalue weighted by Gasteiger charge is 2.12. The highest BCUT2D eigenvalue weighted by molar-refractivity contribution is 14.0. The van der Waals surface area contributed by atoms with Crippen molar-refractivity contribution in [2.24, 2.45) is 4.99 Å². The SMILES string of the molecule is CCNC(=NCc1cn(-c2ccc(F)cc2)nc1C)NC(C)(C)C.I. The minimum Gasteiger partial charge on any atom is -0.357 e. The first kappa shape index (κ1) is 21.4. The Bertz CT molecular complexity index is 701. The average Bonchev–Trinajstić information content (AvgIpc) is 2.85. The molecule has 0 unspecified atom stereocenters. The molecule has 0 bridgehead atoms. The molecule has 138 valence electrons. The standard InChI is InChI=1S/C18H26FN5.HI/c1-6-20-17(22-18(3,4)5)21-11-14-12-24(23-13(14)2)16-9-7-15(19)8-10-16;/h7-10,12H,6,11H2,1-5H3,(H2,20,21,22);1H. The number of halogens is 2. The van der Waals surface area contributed by atoms with Crippen molar-refractivity contribution in [3.8, 4) is 5.69 Å². The van der Waals surface area contributed by atoms with Gasteiger partial charge < -0.3 is 10.6 Å². The van der Waals surface area contributed by atoms with Crippen LogP contribution < -0.4 is 10.6 Å². The molecule has 0 aliphatic carbocycles. The molecular weight excluding hydrogens is 432 g/mol. The van der Waals surface area contributed by atoms with Gasteiger partial charge in [-0.05, 0) is 58.9 Å². The fourth-order valence-corrected chi connectivity index (χ4v) is 2.20. The zero-order valence-electron chi connectivity index (χ0n) is 15.4. The Morgan fingerprint density at radius 1 is 1.24 bits per heavy atom. The quantitative estimate of drug-likeness (QED) is 0.416. The molecule has 0 radical (unpaired) electrons. The molecule has 0 saturated heterocycles. The van der Waals surface area contributed by atoms with E-state index in [0.717, 1.165) is 29.4 Å². The molecule has 1 heterocycles. The van der Waals surface area contributed by atoms with Crippen molar-refractivity contribution in [2.75, 3.05) is 6.54 Å². The molecule has 0 spiro atoms. The van der Waals surface area contributed by atoms with Crippen LogP contribution in [0.3, 0.4) is 0 Å². The lowest BCUT2D eigenvalue weighted by atomic mass is 10.1. The van der Waals surface area contributed by atoms with Gasteiger partial charge in [-0.2, -0.15) is 5.10 Å². The molecular formula is C18H27FIN5. The molecule has 1 aromatic carbocycles. The zero-order valence-corrected chi connectivity index (χ0v) is 17.8. The van der Waals surface area contributed by atoms with Gasteiger partial charge in [-0.25, -0.2) is 14.1 Å². The van der Waals surface area contributed by atoms with E-state index in [4.69, 9.17) is 0 Å². The summed E-state index contributed by atoms with van der Waals surface area (Å²) in [6.45, 7) is 11.6. The number of aryl methyl sites for hydroxylation is 1. The molecule has 0 aliphatic rings. The second-order valence-corrected chi connectivity index (χ2v) is 6.73. The number of guanidine groups is 1.